The number of hydrogen-bond donors (Lipinski definition) is 1. The number of unbranched alkanes of at least 4 members (excludes halogenated alkanes) is 5. The third-order valence-electron chi connectivity index (χ3n) is 2.79. The summed E-state index contributed by atoms with van der Waals surface area (Å²) < 4.78 is 0. The first-order valence-corrected chi connectivity index (χ1v) is 5.70. The zero-order chi connectivity index (χ0) is 9.36. The normalized spacial score (nSPS) is 16.4. The zero-order valence-corrected chi connectivity index (χ0v) is 8.50. The maximum absolute atomic E-state index is 8.08. The Hall–Kier alpha value is -0.0800. The zero-order valence-electron chi connectivity index (χ0n) is 8.50. The summed E-state index contributed by atoms with van der Waals surface area (Å²) >= 11 is 0. The van der Waals surface area contributed by atoms with Crippen LogP contribution < -0.4 is 0 Å². The molecule has 0 radical (unpaired) electrons. The van der Waals surface area contributed by atoms with Crippen molar-refractivity contribution in [1.82, 2.24) is 0 Å². The lowest BCUT2D eigenvalue weighted by atomic mass is 10.1. The molecule has 0 saturated heterocycles. The molecule has 0 aromatic rings. The fraction of sp³-hybridized carbons (Fsp3) is 1.00. The number of hydrogen-bond acceptors (Lipinski definition) is 2. The van der Waals surface area contributed by atoms with Crippen LogP contribution in [0, 0.1) is 5.92 Å². The molecule has 0 atom stereocenters. The molecule has 1 rings (SSSR count). The van der Waals surface area contributed by atoms with Crippen LogP contribution in [0.1, 0.15) is 57.8 Å². The maximum Gasteiger partial charge on any atom is 0.0819 e. The van der Waals surface area contributed by atoms with E-state index in [0.717, 1.165) is 12.3 Å². The second kappa shape index (κ2) is 7.34. The van der Waals surface area contributed by atoms with E-state index in [1.165, 1.54) is 51.4 Å². The summed E-state index contributed by atoms with van der Waals surface area (Å²) in [5.74, 6) is 1.10. The molecule has 1 N–H and O–H groups in total. The van der Waals surface area contributed by atoms with E-state index in [1.807, 2.05) is 0 Å². The molecule has 0 aliphatic heterocycles. The third kappa shape index (κ3) is 7.03. The highest BCUT2D eigenvalue weighted by molar-refractivity contribution is 4.72. The van der Waals surface area contributed by atoms with Crippen molar-refractivity contribution in [1.29, 1.82) is 0 Å². The molecule has 0 spiro atoms. The van der Waals surface area contributed by atoms with Gasteiger partial charge in [0, 0.05) is 0 Å². The summed E-state index contributed by atoms with van der Waals surface area (Å²) in [6.45, 7) is 0.502. The van der Waals surface area contributed by atoms with Gasteiger partial charge >= 0.3 is 0 Å². The molecule has 0 unspecified atom stereocenters. The summed E-state index contributed by atoms with van der Waals surface area (Å²) in [7, 11) is 0. The molecule has 0 bridgehead atoms. The van der Waals surface area contributed by atoms with Crippen molar-refractivity contribution in [3.63, 3.8) is 0 Å². The topological polar surface area (TPSA) is 29.5 Å². The molecular weight excluding hydrogens is 164 g/mol. The van der Waals surface area contributed by atoms with Crippen molar-refractivity contribution >= 4 is 0 Å². The standard InChI is InChI=1S/C11H22O2/c12-13-10-6-4-2-1-3-5-7-11-8-9-11/h11-12H,1-10H2. The van der Waals surface area contributed by atoms with Gasteiger partial charge in [-0.3, -0.25) is 5.26 Å². The molecule has 13 heavy (non-hydrogen) atoms. The Balaban J connectivity index is 1.63. The molecular formula is C11H22O2. The minimum Gasteiger partial charge on any atom is -0.252 e. The fourth-order valence-electron chi connectivity index (χ4n) is 1.71. The second-order valence-corrected chi connectivity index (χ2v) is 4.19. The van der Waals surface area contributed by atoms with Crippen LogP contribution >= 0.6 is 0 Å². The molecule has 2 heteroatoms. The minimum atomic E-state index is 0.502. The summed E-state index contributed by atoms with van der Waals surface area (Å²) in [4.78, 5) is 4.01. The van der Waals surface area contributed by atoms with E-state index in [2.05, 4.69) is 4.89 Å². The molecule has 1 saturated carbocycles. The average Bonchev–Trinajstić information content (AvgIpc) is 2.93. The van der Waals surface area contributed by atoms with Gasteiger partial charge in [-0.1, -0.05) is 51.4 Å². The van der Waals surface area contributed by atoms with E-state index < -0.39 is 0 Å². The Kier molecular flexibility index (Phi) is 6.21. The van der Waals surface area contributed by atoms with Crippen LogP contribution in [-0.2, 0) is 4.89 Å². The summed E-state index contributed by atoms with van der Waals surface area (Å²) in [5, 5.41) is 8.08. The van der Waals surface area contributed by atoms with Crippen LogP contribution in [-0.4, -0.2) is 11.9 Å². The van der Waals surface area contributed by atoms with Gasteiger partial charge in [-0.2, -0.15) is 0 Å². The van der Waals surface area contributed by atoms with E-state index in [1.54, 1.807) is 0 Å². The molecule has 0 aromatic heterocycles. The quantitative estimate of drug-likeness (QED) is 0.338. The lowest BCUT2D eigenvalue weighted by molar-refractivity contribution is -0.242. The van der Waals surface area contributed by atoms with Crippen molar-refractivity contribution in [2.24, 2.45) is 5.92 Å². The molecule has 78 valence electrons. The van der Waals surface area contributed by atoms with Crippen molar-refractivity contribution < 1.29 is 10.1 Å². The lowest BCUT2D eigenvalue weighted by Crippen LogP contribution is -1.88. The highest BCUT2D eigenvalue weighted by atomic mass is 17.1. The Morgan fingerprint density at radius 2 is 1.54 bits per heavy atom. The van der Waals surface area contributed by atoms with Gasteiger partial charge in [0.05, 0.1) is 6.61 Å². The van der Waals surface area contributed by atoms with E-state index >= 15 is 0 Å². The van der Waals surface area contributed by atoms with Crippen LogP contribution in [0.15, 0.2) is 0 Å². The predicted molar refractivity (Wildman–Crippen MR) is 53.6 cm³/mol. The molecule has 1 fully saturated rings. The van der Waals surface area contributed by atoms with Crippen LogP contribution in [0.3, 0.4) is 0 Å². The van der Waals surface area contributed by atoms with Gasteiger partial charge in [-0.15, -0.1) is 0 Å². The van der Waals surface area contributed by atoms with E-state index in [0.29, 0.717) is 6.61 Å². The van der Waals surface area contributed by atoms with Crippen molar-refractivity contribution in [3.05, 3.63) is 0 Å². The van der Waals surface area contributed by atoms with Gasteiger partial charge in [0.1, 0.15) is 0 Å². The van der Waals surface area contributed by atoms with Crippen molar-refractivity contribution in [2.75, 3.05) is 6.61 Å². The van der Waals surface area contributed by atoms with Gasteiger partial charge < -0.3 is 0 Å². The van der Waals surface area contributed by atoms with Crippen molar-refractivity contribution in [2.45, 2.75) is 57.8 Å². The molecule has 0 heterocycles. The lowest BCUT2D eigenvalue weighted by Gasteiger charge is -2.00. The van der Waals surface area contributed by atoms with Gasteiger partial charge in [0.15, 0.2) is 0 Å². The molecule has 0 amide bonds. The smallest absolute Gasteiger partial charge is 0.0819 e. The monoisotopic (exact) mass is 186 g/mol. The third-order valence-corrected chi connectivity index (χ3v) is 2.79. The number of rotatable bonds is 9. The Morgan fingerprint density at radius 1 is 0.923 bits per heavy atom. The van der Waals surface area contributed by atoms with Crippen LogP contribution in [0.2, 0.25) is 0 Å². The maximum atomic E-state index is 8.08. The predicted octanol–water partition coefficient (Wildman–Crippen LogP) is 3.62. The fourth-order valence-corrected chi connectivity index (χ4v) is 1.71. The largest absolute Gasteiger partial charge is 0.252 e. The van der Waals surface area contributed by atoms with E-state index in [4.69, 9.17) is 5.26 Å². The summed E-state index contributed by atoms with van der Waals surface area (Å²) in [5.41, 5.74) is 0. The van der Waals surface area contributed by atoms with Gasteiger partial charge in [-0.25, -0.2) is 4.89 Å². The SMILES string of the molecule is OOCCCCCCCCC1CC1. The molecule has 0 aromatic carbocycles. The highest BCUT2D eigenvalue weighted by Gasteiger charge is 2.19. The average molecular weight is 186 g/mol. The highest BCUT2D eigenvalue weighted by Crippen LogP contribution is 2.34. The van der Waals surface area contributed by atoms with Crippen LogP contribution in [0.4, 0.5) is 0 Å². The van der Waals surface area contributed by atoms with Gasteiger partial charge in [0.25, 0.3) is 0 Å². The van der Waals surface area contributed by atoms with E-state index in [9.17, 15) is 0 Å². The van der Waals surface area contributed by atoms with Crippen molar-refractivity contribution in [3.8, 4) is 0 Å². The van der Waals surface area contributed by atoms with Crippen LogP contribution in [0.5, 0.6) is 0 Å². The first kappa shape index (κ1) is 11.0. The molecule has 1 aliphatic rings. The Bertz CT molecular complexity index is 111. The summed E-state index contributed by atoms with van der Waals surface area (Å²) in [6, 6.07) is 0. The molecule has 2 nitrogen and oxygen atoms in total. The molecule has 1 aliphatic carbocycles. The minimum absolute atomic E-state index is 0.502. The first-order valence-electron chi connectivity index (χ1n) is 5.70. The Morgan fingerprint density at radius 3 is 2.15 bits per heavy atom. The summed E-state index contributed by atoms with van der Waals surface area (Å²) in [6.07, 6.45) is 12.1. The van der Waals surface area contributed by atoms with Gasteiger partial charge in [0.2, 0.25) is 0 Å². The Labute approximate surface area is 81.2 Å². The van der Waals surface area contributed by atoms with E-state index in [-0.39, 0.29) is 0 Å². The first-order chi connectivity index (χ1) is 6.43. The van der Waals surface area contributed by atoms with Gasteiger partial charge in [-0.05, 0) is 12.3 Å². The van der Waals surface area contributed by atoms with Crippen LogP contribution in [0.25, 0.3) is 0 Å². The second-order valence-electron chi connectivity index (χ2n) is 4.19.